The first-order chi connectivity index (χ1) is 58.1. The second-order valence-electron chi connectivity index (χ2n) is 30.7. The Balaban J connectivity index is 0.000000158. The zero-order valence-electron chi connectivity index (χ0n) is 71.9. The van der Waals surface area contributed by atoms with Crippen molar-refractivity contribution in [3.8, 4) is 0 Å². The summed E-state index contributed by atoms with van der Waals surface area (Å²) < 4.78 is 32.8. The summed E-state index contributed by atoms with van der Waals surface area (Å²) in [5, 5.41) is 12.5. The molecule has 8 aliphatic heterocycles. The monoisotopic (exact) mass is 1970 g/mol. The molecule has 8 aromatic rings. The van der Waals surface area contributed by atoms with Crippen LogP contribution >= 0.6 is 186 Å². The molecule has 8 amide bonds. The molecule has 10 unspecified atom stereocenters. The van der Waals surface area contributed by atoms with Gasteiger partial charge in [-0.25, -0.2) is 39.9 Å². The van der Waals surface area contributed by atoms with Gasteiger partial charge in [-0.15, -0.1) is 0 Å². The van der Waals surface area contributed by atoms with E-state index in [0.29, 0.717) is 101 Å². The summed E-state index contributed by atoms with van der Waals surface area (Å²) in [6, 6.07) is 2.11. The van der Waals surface area contributed by atoms with Gasteiger partial charge in [0.15, 0.2) is 0 Å². The van der Waals surface area contributed by atoms with Crippen molar-refractivity contribution in [3.05, 3.63) is 40.1 Å². The molecule has 32 nitrogen and oxygen atoms in total. The van der Waals surface area contributed by atoms with Crippen LogP contribution in [0.1, 0.15) is 186 Å². The third kappa shape index (κ3) is 32.7. The molecule has 0 N–H and O–H groups in total. The fourth-order valence-corrected chi connectivity index (χ4v) is 24.9. The number of hydrogen-bond acceptors (Lipinski definition) is 40. The lowest BCUT2D eigenvalue weighted by atomic mass is 9.97. The number of aryl methyl sites for hydroxylation is 8. The van der Waals surface area contributed by atoms with Gasteiger partial charge in [-0.3, -0.25) is 38.4 Å². The number of carbonyl (C=O) groups excluding carboxylic acids is 8. The largest absolute Gasteiger partial charge is 0.333 e. The summed E-state index contributed by atoms with van der Waals surface area (Å²) in [5.74, 6) is 2.41. The Morgan fingerprint density at radius 2 is 0.549 bits per heavy atom. The Labute approximate surface area is 781 Å². The van der Waals surface area contributed by atoms with Gasteiger partial charge in [0.2, 0.25) is 41.3 Å². The predicted molar refractivity (Wildman–Crippen MR) is 499 cm³/mol. The number of nitrogens with zero attached hydrogens (tertiary/aromatic N) is 24. The van der Waals surface area contributed by atoms with Crippen molar-refractivity contribution in [3.63, 3.8) is 0 Å². The van der Waals surface area contributed by atoms with Crippen LogP contribution in [0.2, 0.25) is 0 Å². The molecule has 0 bridgehead atoms. The van der Waals surface area contributed by atoms with Gasteiger partial charge < -0.3 is 39.2 Å². The van der Waals surface area contributed by atoms with E-state index < -0.39 is 0 Å². The lowest BCUT2D eigenvalue weighted by Crippen LogP contribution is -2.54. The highest BCUT2D eigenvalue weighted by atomic mass is 32.2. The van der Waals surface area contributed by atoms with Crippen LogP contribution in [0.25, 0.3) is 0 Å². The van der Waals surface area contributed by atoms with E-state index in [1.807, 2.05) is 94.6 Å². The summed E-state index contributed by atoms with van der Waals surface area (Å²) in [5.41, 5.74) is 0. The minimum Gasteiger partial charge on any atom is -0.333 e. The van der Waals surface area contributed by atoms with Crippen LogP contribution in [0.3, 0.4) is 0 Å². The predicted octanol–water partition coefficient (Wildman–Crippen LogP) is 20.6. The smallest absolute Gasteiger partial charge is 0.289 e. The summed E-state index contributed by atoms with van der Waals surface area (Å²) in [4.78, 5) is 143. The molecule has 16 rings (SSSR count). The SMILES string of the molecule is Cc1nc(SC(=O)N2C(C)CC2C)ns1.Cc1nc(SC(=O)N2C(C)CCC2C)ns1.Cc1nc(SC(=O)N2CC(C)C(C)C2)ns1.Cc1nc(SC(=O)N2CC(C)CC2C)ns1.Cc1nc(SC(=O)N2CCC(C)C2)ns1.Cc1nc(SC(=O)N2CCCC2)ns1.Cc1nc(SC(=O)N2CCCC2C)ns1.Cc1nc(SC(=O)N2CCCCC2)ns1. The molecule has 8 saturated heterocycles. The molecule has 0 spiro atoms. The van der Waals surface area contributed by atoms with E-state index in [4.69, 9.17) is 0 Å². The van der Waals surface area contributed by atoms with Crippen molar-refractivity contribution >= 4 is 228 Å². The van der Waals surface area contributed by atoms with Crippen molar-refractivity contribution < 1.29 is 38.4 Å². The quantitative estimate of drug-likeness (QED) is 0.127. The number of hydrogen-bond donors (Lipinski definition) is 0. The lowest BCUT2D eigenvalue weighted by Gasteiger charge is -2.44. The number of piperidine rings is 1. The topological polar surface area (TPSA) is 369 Å². The Hall–Kier alpha value is -4.96. The second kappa shape index (κ2) is 50.1. The molecule has 8 aromatic heterocycles. The van der Waals surface area contributed by atoms with Crippen LogP contribution in [0, 0.1) is 79.1 Å². The number of rotatable bonds is 8. The summed E-state index contributed by atoms with van der Waals surface area (Å²) in [7, 11) is 0. The number of thioether (sulfide) groups is 8. The van der Waals surface area contributed by atoms with E-state index in [1.54, 1.807) is 0 Å². The van der Waals surface area contributed by atoms with Gasteiger partial charge >= 0.3 is 0 Å². The van der Waals surface area contributed by atoms with E-state index >= 15 is 0 Å². The summed E-state index contributed by atoms with van der Waals surface area (Å²) in [6.07, 6.45) is 13.4. The second-order valence-corrected chi connectivity index (χ2v) is 45.7. The van der Waals surface area contributed by atoms with Crippen molar-refractivity contribution in [2.24, 2.45) is 23.7 Å². The average molecular weight is 1970 g/mol. The van der Waals surface area contributed by atoms with Gasteiger partial charge in [-0.1, -0.05) is 27.7 Å². The van der Waals surface area contributed by atoms with Gasteiger partial charge in [0, 0.05) is 196 Å². The molecule has 8 aliphatic rings. The Morgan fingerprint density at radius 1 is 0.254 bits per heavy atom. The lowest BCUT2D eigenvalue weighted by molar-refractivity contribution is 0.0901. The minimum atomic E-state index is 0.0686. The first-order valence-corrected chi connectivity index (χ1v) is 53.1. The molecule has 0 radical (unpaired) electrons. The van der Waals surface area contributed by atoms with Gasteiger partial charge in [-0.05, 0) is 290 Å². The van der Waals surface area contributed by atoms with E-state index in [1.165, 1.54) is 98.7 Å². The van der Waals surface area contributed by atoms with E-state index in [9.17, 15) is 38.4 Å². The zero-order chi connectivity index (χ0) is 88.4. The highest BCUT2D eigenvalue weighted by Gasteiger charge is 2.38. The van der Waals surface area contributed by atoms with Crippen molar-refractivity contribution in [1.82, 2.24) is 114 Å². The van der Waals surface area contributed by atoms with Gasteiger partial charge in [-0.2, -0.15) is 35.0 Å². The first-order valence-electron chi connectivity index (χ1n) is 40.4. The average Bonchev–Trinajstić information content (AvgIpc) is 1.78. The van der Waals surface area contributed by atoms with Crippen LogP contribution in [0.5, 0.6) is 0 Å². The van der Waals surface area contributed by atoms with Crippen molar-refractivity contribution in [1.29, 1.82) is 0 Å². The zero-order valence-corrected chi connectivity index (χ0v) is 84.9. The Bertz CT molecular complexity index is 4540. The Kier molecular flexibility index (Phi) is 41.4. The molecule has 0 aromatic carbocycles. The molecule has 0 saturated carbocycles. The van der Waals surface area contributed by atoms with Crippen LogP contribution < -0.4 is 0 Å². The van der Waals surface area contributed by atoms with E-state index in [2.05, 4.69) is 144 Å². The number of likely N-dealkylation sites (tertiary alicyclic amines) is 8. The van der Waals surface area contributed by atoms with Gasteiger partial charge in [0.05, 0.1) is 0 Å². The van der Waals surface area contributed by atoms with Gasteiger partial charge in [0.25, 0.3) is 41.9 Å². The normalized spacial score (nSPS) is 22.0. The molecule has 16 heterocycles. The highest BCUT2D eigenvalue weighted by Crippen LogP contribution is 2.36. The summed E-state index contributed by atoms with van der Waals surface area (Å²) in [6.45, 7) is 45.1. The molecule has 122 heavy (non-hydrogen) atoms. The maximum atomic E-state index is 12.1. The number of aromatic nitrogens is 16. The van der Waals surface area contributed by atoms with Crippen LogP contribution in [-0.4, -0.2) is 258 Å². The third-order valence-electron chi connectivity index (χ3n) is 20.2. The summed E-state index contributed by atoms with van der Waals surface area (Å²) >= 11 is 19.8. The first kappa shape index (κ1) is 101. The molecule has 0 aliphatic carbocycles. The molecular formula is C74H108N24O8S16. The molecular weight excluding hydrogens is 1870 g/mol. The van der Waals surface area contributed by atoms with Crippen LogP contribution in [-0.2, 0) is 0 Å². The fourth-order valence-electron chi connectivity index (χ4n) is 13.7. The maximum absolute atomic E-state index is 12.1. The third-order valence-corrected chi connectivity index (χ3v) is 32.3. The highest BCUT2D eigenvalue weighted by molar-refractivity contribution is 8.15. The van der Waals surface area contributed by atoms with Crippen LogP contribution in [0.15, 0.2) is 41.3 Å². The van der Waals surface area contributed by atoms with Crippen molar-refractivity contribution in [2.75, 3.05) is 65.4 Å². The van der Waals surface area contributed by atoms with E-state index in [0.717, 1.165) is 270 Å². The maximum Gasteiger partial charge on any atom is 0.289 e. The molecule has 10 atom stereocenters. The van der Waals surface area contributed by atoms with E-state index in [-0.39, 0.29) is 41.9 Å². The number of carbonyl (C=O) groups is 8. The minimum absolute atomic E-state index is 0.0686. The standard InChI is InChI=1S/3C10H15N3OS2.4C9H13N3OS2.C8H11N3OS2/c1-6-4-13(5-7(6)2)10(14)15-9-11-8(3)16-12-9;1-6-4-7(2)13(5-6)10(14)15-9-11-8(3)16-12-9;1-6-4-5-7(2)13(6)10(14)15-9-11-8(3)16-12-9;1-5-4-6(2)12(5)9(13)14-8-10-7(3)15-11-8;1-6-3-4-12(5-6)9(13)14-8-10-7(2)15-11-8;1-6-4-3-5-12(6)9(13)14-8-10-7(2)15-11-8;1-7-10-8(11-15-7)14-9(13)12-5-3-2-4-6-12;1-6-9-7(10-14-6)13-8(12)11-4-2-3-5-11/h3*6-7H,4-5H2,1-3H3;5-6H,4H2,1-3H3;2*6H,3-5H2,1-2H3;2-6H2,1H3;2-5H2,1H3. The molecule has 668 valence electrons. The van der Waals surface area contributed by atoms with Crippen molar-refractivity contribution in [2.45, 2.75) is 279 Å². The molecule has 8 fully saturated rings. The molecule has 48 heteroatoms. The number of amides is 8. The van der Waals surface area contributed by atoms with Gasteiger partial charge in [0.1, 0.15) is 40.1 Å². The fraction of sp³-hybridized carbons (Fsp3) is 0.676. The van der Waals surface area contributed by atoms with Crippen LogP contribution in [0.4, 0.5) is 38.4 Å². The Morgan fingerprint density at radius 3 is 0.828 bits per heavy atom.